The van der Waals surface area contributed by atoms with E-state index < -0.39 is 10.0 Å². The molecular weight excluding hydrogens is 416 g/mol. The molecule has 0 spiro atoms. The average Bonchev–Trinajstić information content (AvgIpc) is 3.18. The van der Waals surface area contributed by atoms with Crippen molar-refractivity contribution in [2.75, 3.05) is 30.9 Å². The Kier molecular flexibility index (Phi) is 6.20. The van der Waals surface area contributed by atoms with Gasteiger partial charge in [-0.1, -0.05) is 18.0 Å². The molecule has 1 aromatic rings. The highest BCUT2D eigenvalue weighted by Crippen LogP contribution is 2.38. The molecule has 2 bridgehead atoms. The summed E-state index contributed by atoms with van der Waals surface area (Å²) in [4.78, 5) is 11.0. The number of hydrogen-bond acceptors (Lipinski definition) is 7. The van der Waals surface area contributed by atoms with Crippen molar-refractivity contribution in [2.45, 2.75) is 69.7 Å². The van der Waals surface area contributed by atoms with Crippen LogP contribution in [0, 0.1) is 0 Å². The van der Waals surface area contributed by atoms with Gasteiger partial charge in [0.15, 0.2) is 0 Å². The van der Waals surface area contributed by atoms with Crippen LogP contribution in [-0.2, 0) is 14.8 Å². The summed E-state index contributed by atoms with van der Waals surface area (Å²) in [5, 5.41) is 0.335. The van der Waals surface area contributed by atoms with Crippen molar-refractivity contribution in [3.05, 3.63) is 11.2 Å². The smallest absolute Gasteiger partial charge is 0.230 e. The third-order valence-corrected chi connectivity index (χ3v) is 8.43. The molecule has 4 rings (SSSR count). The van der Waals surface area contributed by atoms with Crippen molar-refractivity contribution in [1.29, 1.82) is 0 Å². The Morgan fingerprint density at radius 1 is 1.28 bits per heavy atom. The maximum absolute atomic E-state index is 12.6. The normalized spacial score (nSPS) is 30.3. The number of hydrogen-bond donors (Lipinski definition) is 0. The van der Waals surface area contributed by atoms with E-state index in [2.05, 4.69) is 9.97 Å². The molecule has 0 amide bonds. The first-order valence-electron chi connectivity index (χ1n) is 10.4. The lowest BCUT2D eigenvalue weighted by atomic mass is 9.83. The lowest BCUT2D eigenvalue weighted by Crippen LogP contribution is -2.58. The maximum atomic E-state index is 12.6. The van der Waals surface area contributed by atoms with Gasteiger partial charge < -0.3 is 14.4 Å². The van der Waals surface area contributed by atoms with Gasteiger partial charge in [-0.15, -0.1) is 0 Å². The monoisotopic (exact) mass is 444 g/mol. The number of piperidine rings is 2. The first kappa shape index (κ1) is 21.1. The van der Waals surface area contributed by atoms with Crippen LogP contribution in [0.5, 0.6) is 5.88 Å². The fourth-order valence-corrected chi connectivity index (χ4v) is 6.53. The first-order chi connectivity index (χ1) is 13.9. The third-order valence-electron chi connectivity index (χ3n) is 6.27. The molecule has 1 aromatic heterocycles. The summed E-state index contributed by atoms with van der Waals surface area (Å²) >= 11 is 6.24. The SMILES string of the molecule is CCS(=O)(=O)N1C2CCCC1CC(N(C)c1nc(Cl)cc(O[C@H]3CCOC3)n1)C2. The van der Waals surface area contributed by atoms with Crippen LogP contribution >= 0.6 is 11.6 Å². The molecule has 0 saturated carbocycles. The molecule has 2 unspecified atom stereocenters. The highest BCUT2D eigenvalue weighted by Gasteiger charge is 2.45. The second-order valence-electron chi connectivity index (χ2n) is 8.14. The summed E-state index contributed by atoms with van der Waals surface area (Å²) < 4.78 is 38.3. The van der Waals surface area contributed by atoms with Gasteiger partial charge in [0.25, 0.3) is 0 Å². The maximum Gasteiger partial charge on any atom is 0.230 e. The number of sulfonamides is 1. The molecule has 3 atom stereocenters. The van der Waals surface area contributed by atoms with Gasteiger partial charge in [0.1, 0.15) is 11.3 Å². The topological polar surface area (TPSA) is 84.9 Å². The average molecular weight is 445 g/mol. The van der Waals surface area contributed by atoms with Crippen molar-refractivity contribution < 1.29 is 17.9 Å². The minimum Gasteiger partial charge on any atom is -0.472 e. The zero-order chi connectivity index (χ0) is 20.6. The minimum atomic E-state index is -3.19. The lowest BCUT2D eigenvalue weighted by molar-refractivity contribution is 0.109. The molecule has 3 fully saturated rings. The predicted octanol–water partition coefficient (Wildman–Crippen LogP) is 2.47. The Morgan fingerprint density at radius 3 is 2.62 bits per heavy atom. The van der Waals surface area contributed by atoms with E-state index in [-0.39, 0.29) is 30.0 Å². The van der Waals surface area contributed by atoms with E-state index in [1.165, 1.54) is 0 Å². The Hall–Kier alpha value is -1.16. The number of fused-ring (bicyclic) bond motifs is 2. The van der Waals surface area contributed by atoms with E-state index in [0.717, 1.165) is 38.5 Å². The second-order valence-corrected chi connectivity index (χ2v) is 10.7. The molecule has 3 saturated heterocycles. The zero-order valence-corrected chi connectivity index (χ0v) is 18.5. The van der Waals surface area contributed by atoms with Crippen LogP contribution < -0.4 is 9.64 Å². The molecule has 3 aliphatic rings. The fraction of sp³-hybridized carbons (Fsp3) is 0.789. The summed E-state index contributed by atoms with van der Waals surface area (Å²) in [6.45, 7) is 2.97. The summed E-state index contributed by atoms with van der Waals surface area (Å²) in [7, 11) is -1.23. The molecule has 4 heterocycles. The van der Waals surface area contributed by atoms with E-state index in [4.69, 9.17) is 21.1 Å². The highest BCUT2D eigenvalue weighted by molar-refractivity contribution is 7.89. The summed E-state index contributed by atoms with van der Waals surface area (Å²) in [5.41, 5.74) is 0. The van der Waals surface area contributed by atoms with Crippen LogP contribution in [-0.4, -0.2) is 72.9 Å². The molecule has 162 valence electrons. The van der Waals surface area contributed by atoms with Crippen LogP contribution in [0.1, 0.15) is 45.4 Å². The number of rotatable bonds is 6. The Balaban J connectivity index is 1.51. The van der Waals surface area contributed by atoms with E-state index >= 15 is 0 Å². The molecule has 10 heteroatoms. The molecular formula is C19H29ClN4O4S. The molecule has 8 nitrogen and oxygen atoms in total. The summed E-state index contributed by atoms with van der Waals surface area (Å²) in [6, 6.07) is 1.88. The van der Waals surface area contributed by atoms with Gasteiger partial charge in [-0.25, -0.2) is 13.4 Å². The van der Waals surface area contributed by atoms with Crippen molar-refractivity contribution in [1.82, 2.24) is 14.3 Å². The number of aromatic nitrogens is 2. The zero-order valence-electron chi connectivity index (χ0n) is 17.0. The molecule has 0 aromatic carbocycles. The van der Waals surface area contributed by atoms with Gasteiger partial charge in [-0.2, -0.15) is 9.29 Å². The first-order valence-corrected chi connectivity index (χ1v) is 12.4. The Bertz CT molecular complexity index is 819. The predicted molar refractivity (Wildman–Crippen MR) is 111 cm³/mol. The molecule has 0 aliphatic carbocycles. The van der Waals surface area contributed by atoms with Crippen molar-refractivity contribution in [3.8, 4) is 5.88 Å². The van der Waals surface area contributed by atoms with Gasteiger partial charge in [0.2, 0.25) is 21.9 Å². The van der Waals surface area contributed by atoms with Crippen molar-refractivity contribution in [2.24, 2.45) is 0 Å². The molecule has 0 N–H and O–H groups in total. The summed E-state index contributed by atoms with van der Waals surface area (Å²) in [6.07, 6.45) is 5.26. The molecule has 29 heavy (non-hydrogen) atoms. The van der Waals surface area contributed by atoms with E-state index in [1.54, 1.807) is 17.3 Å². The lowest BCUT2D eigenvalue weighted by Gasteiger charge is -2.49. The van der Waals surface area contributed by atoms with Gasteiger partial charge in [0, 0.05) is 37.7 Å². The van der Waals surface area contributed by atoms with Gasteiger partial charge >= 0.3 is 0 Å². The van der Waals surface area contributed by atoms with Crippen molar-refractivity contribution >= 4 is 27.6 Å². The minimum absolute atomic E-state index is 0.0130. The van der Waals surface area contributed by atoms with Gasteiger partial charge in [-0.3, -0.25) is 0 Å². The Labute approximate surface area is 177 Å². The van der Waals surface area contributed by atoms with Gasteiger partial charge in [-0.05, 0) is 32.6 Å². The van der Waals surface area contributed by atoms with Crippen LogP contribution in [0.15, 0.2) is 6.07 Å². The standard InChI is InChI=1S/C19H29ClN4O4S/c1-3-29(25,26)24-13-5-4-6-14(24)10-15(9-13)23(2)19-21-17(20)11-18(22-19)28-16-7-8-27-12-16/h11,13-16H,3-10,12H2,1-2H3/t13?,14?,15?,16-/m0/s1. The fourth-order valence-electron chi connectivity index (χ4n) is 4.77. The quantitative estimate of drug-likeness (QED) is 0.623. The largest absolute Gasteiger partial charge is 0.472 e. The third kappa shape index (κ3) is 4.47. The van der Waals surface area contributed by atoms with Crippen molar-refractivity contribution in [3.63, 3.8) is 0 Å². The van der Waals surface area contributed by atoms with Crippen LogP contribution in [0.3, 0.4) is 0 Å². The van der Waals surface area contributed by atoms with E-state index in [0.29, 0.717) is 30.2 Å². The molecule has 3 aliphatic heterocycles. The van der Waals surface area contributed by atoms with E-state index in [9.17, 15) is 8.42 Å². The highest BCUT2D eigenvalue weighted by atomic mass is 35.5. The number of ether oxygens (including phenoxy) is 2. The van der Waals surface area contributed by atoms with E-state index in [1.807, 2.05) is 11.9 Å². The number of halogens is 1. The Morgan fingerprint density at radius 2 is 2.00 bits per heavy atom. The number of nitrogens with zero attached hydrogens (tertiary/aromatic N) is 4. The van der Waals surface area contributed by atoms with Crippen LogP contribution in [0.4, 0.5) is 5.95 Å². The second kappa shape index (κ2) is 8.53. The number of anilines is 1. The van der Waals surface area contributed by atoms with Gasteiger partial charge in [0.05, 0.1) is 19.0 Å². The molecule has 0 radical (unpaired) electrons. The summed E-state index contributed by atoms with van der Waals surface area (Å²) in [5.74, 6) is 1.12. The van der Waals surface area contributed by atoms with Crippen LogP contribution in [0.25, 0.3) is 0 Å². The van der Waals surface area contributed by atoms with Crippen LogP contribution in [0.2, 0.25) is 5.15 Å².